The molecule has 0 spiro atoms. The Kier molecular flexibility index (Phi) is 3.79. The van der Waals surface area contributed by atoms with Gasteiger partial charge in [-0.1, -0.05) is 36.4 Å². The van der Waals surface area contributed by atoms with E-state index in [1.807, 2.05) is 49.5 Å². The molecule has 0 fully saturated rings. The molecule has 0 heterocycles. The fourth-order valence-corrected chi connectivity index (χ4v) is 1.67. The lowest BCUT2D eigenvalue weighted by molar-refractivity contribution is 0.535. The molecule has 2 aromatic carbocycles. The summed E-state index contributed by atoms with van der Waals surface area (Å²) in [7, 11) is 0. The SMILES string of the molecule is Cc1ccccc1N(C#N)C(=N)Oc1ccccc1. The van der Waals surface area contributed by atoms with E-state index in [2.05, 4.69) is 0 Å². The van der Waals surface area contributed by atoms with Gasteiger partial charge >= 0.3 is 6.02 Å². The molecule has 0 aromatic heterocycles. The number of hydrogen-bond donors (Lipinski definition) is 1. The molecule has 0 aliphatic rings. The van der Waals surface area contributed by atoms with E-state index in [1.54, 1.807) is 18.2 Å². The molecule has 2 rings (SSSR count). The number of benzene rings is 2. The predicted octanol–water partition coefficient (Wildman–Crippen LogP) is 3.30. The number of nitriles is 1. The third-order valence-electron chi connectivity index (χ3n) is 2.62. The van der Waals surface area contributed by atoms with E-state index in [0.717, 1.165) is 10.5 Å². The van der Waals surface area contributed by atoms with E-state index >= 15 is 0 Å². The summed E-state index contributed by atoms with van der Waals surface area (Å²) in [6.07, 6.45) is 1.96. The fraction of sp³-hybridized carbons (Fsp3) is 0.0667. The molecular weight excluding hydrogens is 238 g/mol. The summed E-state index contributed by atoms with van der Waals surface area (Å²) in [6.45, 7) is 1.88. The van der Waals surface area contributed by atoms with Gasteiger partial charge in [-0.05, 0) is 30.7 Å². The van der Waals surface area contributed by atoms with Gasteiger partial charge in [0.2, 0.25) is 0 Å². The van der Waals surface area contributed by atoms with Crippen LogP contribution in [0.4, 0.5) is 5.69 Å². The summed E-state index contributed by atoms with van der Waals surface area (Å²) < 4.78 is 5.36. The molecule has 0 amide bonds. The van der Waals surface area contributed by atoms with Gasteiger partial charge in [0.25, 0.3) is 0 Å². The third-order valence-corrected chi connectivity index (χ3v) is 2.62. The second-order valence-electron chi connectivity index (χ2n) is 3.94. The molecule has 0 unspecified atom stereocenters. The Bertz CT molecular complexity index is 617. The monoisotopic (exact) mass is 251 g/mol. The number of nitrogens with one attached hydrogen (secondary N) is 1. The molecule has 4 heteroatoms. The highest BCUT2D eigenvalue weighted by molar-refractivity contribution is 5.94. The standard InChI is InChI=1S/C15H13N3O/c1-12-7-5-6-10-14(12)18(11-16)15(17)19-13-8-3-2-4-9-13/h2-10,17H,1H3. The Morgan fingerprint density at radius 3 is 2.37 bits per heavy atom. The van der Waals surface area contributed by atoms with Crippen molar-refractivity contribution in [3.63, 3.8) is 0 Å². The fourth-order valence-electron chi connectivity index (χ4n) is 1.67. The van der Waals surface area contributed by atoms with Crippen LogP contribution in [0.3, 0.4) is 0 Å². The number of ether oxygens (including phenoxy) is 1. The van der Waals surface area contributed by atoms with Gasteiger partial charge in [-0.15, -0.1) is 0 Å². The zero-order valence-corrected chi connectivity index (χ0v) is 10.5. The first-order valence-corrected chi connectivity index (χ1v) is 5.79. The molecule has 0 saturated heterocycles. The van der Waals surface area contributed by atoms with E-state index in [1.165, 1.54) is 0 Å². The van der Waals surface area contributed by atoms with Crippen molar-refractivity contribution in [2.24, 2.45) is 0 Å². The molecule has 2 aromatic rings. The smallest absolute Gasteiger partial charge is 0.308 e. The maximum absolute atomic E-state index is 9.21. The first-order chi connectivity index (χ1) is 9.22. The Hall–Kier alpha value is -2.80. The van der Waals surface area contributed by atoms with Crippen molar-refractivity contribution >= 4 is 11.7 Å². The lowest BCUT2D eigenvalue weighted by atomic mass is 10.2. The van der Waals surface area contributed by atoms with E-state index in [-0.39, 0.29) is 6.02 Å². The van der Waals surface area contributed by atoms with Gasteiger partial charge in [-0.3, -0.25) is 0 Å². The first kappa shape index (κ1) is 12.7. The normalized spacial score (nSPS) is 9.47. The zero-order chi connectivity index (χ0) is 13.7. The van der Waals surface area contributed by atoms with Crippen LogP contribution >= 0.6 is 0 Å². The Labute approximate surface area is 112 Å². The van der Waals surface area contributed by atoms with Crippen LogP contribution in [0.1, 0.15) is 5.56 Å². The molecule has 19 heavy (non-hydrogen) atoms. The van der Waals surface area contributed by atoms with Crippen LogP contribution in [-0.4, -0.2) is 6.02 Å². The van der Waals surface area contributed by atoms with Crippen LogP contribution in [0, 0.1) is 23.8 Å². The number of para-hydroxylation sites is 2. The van der Waals surface area contributed by atoms with Crippen molar-refractivity contribution in [3.8, 4) is 11.9 Å². The average Bonchev–Trinajstić information content (AvgIpc) is 2.43. The minimum absolute atomic E-state index is 0.219. The third kappa shape index (κ3) is 2.90. The van der Waals surface area contributed by atoms with Crippen molar-refractivity contribution < 1.29 is 4.74 Å². The predicted molar refractivity (Wildman–Crippen MR) is 74.1 cm³/mol. The molecule has 94 valence electrons. The Balaban J connectivity index is 2.22. The number of nitrogens with zero attached hydrogens (tertiary/aromatic N) is 2. The van der Waals surface area contributed by atoms with E-state index in [0.29, 0.717) is 11.4 Å². The van der Waals surface area contributed by atoms with E-state index in [9.17, 15) is 5.26 Å². The zero-order valence-electron chi connectivity index (χ0n) is 10.5. The van der Waals surface area contributed by atoms with Crippen LogP contribution in [0.5, 0.6) is 5.75 Å². The lowest BCUT2D eigenvalue weighted by Gasteiger charge is -2.18. The van der Waals surface area contributed by atoms with Gasteiger partial charge in [0.1, 0.15) is 5.75 Å². The molecular formula is C15H13N3O. The Morgan fingerprint density at radius 1 is 1.11 bits per heavy atom. The van der Waals surface area contributed by atoms with Gasteiger partial charge in [0.15, 0.2) is 6.19 Å². The highest BCUT2D eigenvalue weighted by atomic mass is 16.5. The van der Waals surface area contributed by atoms with Crippen molar-refractivity contribution in [1.29, 1.82) is 10.7 Å². The maximum atomic E-state index is 9.21. The topological polar surface area (TPSA) is 60.1 Å². The Morgan fingerprint density at radius 2 is 1.74 bits per heavy atom. The minimum Gasteiger partial charge on any atom is -0.425 e. The van der Waals surface area contributed by atoms with Crippen LogP contribution < -0.4 is 9.64 Å². The summed E-state index contributed by atoms with van der Waals surface area (Å²) >= 11 is 0. The molecule has 0 atom stereocenters. The molecule has 4 nitrogen and oxygen atoms in total. The lowest BCUT2D eigenvalue weighted by Crippen LogP contribution is -2.30. The number of aryl methyl sites for hydroxylation is 1. The summed E-state index contributed by atoms with van der Waals surface area (Å²) in [5, 5.41) is 17.1. The van der Waals surface area contributed by atoms with Crippen molar-refractivity contribution in [1.82, 2.24) is 0 Å². The summed E-state index contributed by atoms with van der Waals surface area (Å²) in [6, 6.07) is 16.1. The minimum atomic E-state index is -0.219. The van der Waals surface area contributed by atoms with Crippen molar-refractivity contribution in [2.75, 3.05) is 4.90 Å². The van der Waals surface area contributed by atoms with Gasteiger partial charge in [-0.2, -0.15) is 10.2 Å². The van der Waals surface area contributed by atoms with Crippen LogP contribution in [0.25, 0.3) is 0 Å². The van der Waals surface area contributed by atoms with E-state index in [4.69, 9.17) is 10.1 Å². The second-order valence-corrected chi connectivity index (χ2v) is 3.94. The summed E-state index contributed by atoms with van der Waals surface area (Å²) in [5.74, 6) is 0.529. The van der Waals surface area contributed by atoms with Gasteiger partial charge in [0.05, 0.1) is 5.69 Å². The largest absolute Gasteiger partial charge is 0.425 e. The average molecular weight is 251 g/mol. The molecule has 0 aliphatic carbocycles. The number of hydrogen-bond acceptors (Lipinski definition) is 3. The van der Waals surface area contributed by atoms with Gasteiger partial charge < -0.3 is 4.74 Å². The van der Waals surface area contributed by atoms with Gasteiger partial charge in [-0.25, -0.2) is 5.41 Å². The highest BCUT2D eigenvalue weighted by Gasteiger charge is 2.15. The molecule has 0 radical (unpaired) electrons. The van der Waals surface area contributed by atoms with Crippen LogP contribution in [-0.2, 0) is 0 Å². The van der Waals surface area contributed by atoms with Crippen LogP contribution in [0.15, 0.2) is 54.6 Å². The molecule has 0 bridgehead atoms. The number of amidine groups is 1. The van der Waals surface area contributed by atoms with Crippen molar-refractivity contribution in [2.45, 2.75) is 6.92 Å². The first-order valence-electron chi connectivity index (χ1n) is 5.79. The molecule has 0 saturated carbocycles. The number of anilines is 1. The summed E-state index contributed by atoms with van der Waals surface area (Å²) in [4.78, 5) is 1.16. The second kappa shape index (κ2) is 5.69. The quantitative estimate of drug-likeness (QED) is 0.385. The summed E-state index contributed by atoms with van der Waals surface area (Å²) in [5.41, 5.74) is 1.55. The molecule has 1 N–H and O–H groups in total. The maximum Gasteiger partial charge on any atom is 0.308 e. The van der Waals surface area contributed by atoms with Crippen molar-refractivity contribution in [3.05, 3.63) is 60.2 Å². The highest BCUT2D eigenvalue weighted by Crippen LogP contribution is 2.20. The van der Waals surface area contributed by atoms with Crippen LogP contribution in [0.2, 0.25) is 0 Å². The molecule has 0 aliphatic heterocycles. The van der Waals surface area contributed by atoms with Gasteiger partial charge in [0, 0.05) is 0 Å². The number of rotatable bonds is 2. The van der Waals surface area contributed by atoms with E-state index < -0.39 is 0 Å².